The quantitative estimate of drug-likeness (QED) is 0.256. The number of aliphatic hydroxyl groups excluding tert-OH is 1. The van der Waals surface area contributed by atoms with Crippen molar-refractivity contribution in [1.29, 1.82) is 0 Å². The lowest BCUT2D eigenvalue weighted by Crippen LogP contribution is -2.31. The molecule has 1 saturated heterocycles. The van der Waals surface area contributed by atoms with Gasteiger partial charge in [-0.25, -0.2) is 0 Å². The average molecular weight is 485 g/mol. The van der Waals surface area contributed by atoms with Gasteiger partial charge in [-0.05, 0) is 36.2 Å². The lowest BCUT2D eigenvalue weighted by Gasteiger charge is -2.25. The molecule has 0 bridgehead atoms. The number of amides is 1. The fraction of sp³-hybridized carbons (Fsp3) is 0.273. The number of nitrogens with zero attached hydrogens (tertiary/aromatic N) is 1. The highest BCUT2D eigenvalue weighted by atomic mass is 35.5. The predicted octanol–water partition coefficient (Wildman–Crippen LogP) is 5.11. The van der Waals surface area contributed by atoms with E-state index >= 15 is 0 Å². The van der Waals surface area contributed by atoms with E-state index in [1.165, 1.54) is 24.1 Å². The topological polar surface area (TPSA) is 76.1 Å². The van der Waals surface area contributed by atoms with Crippen LogP contribution in [0, 0.1) is 0 Å². The summed E-state index contributed by atoms with van der Waals surface area (Å²) in [4.78, 5) is 27.3. The van der Waals surface area contributed by atoms with E-state index in [2.05, 4.69) is 0 Å². The normalized spacial score (nSPS) is 18.0. The number of ether oxygens (including phenoxy) is 2. The Labute approximate surface area is 194 Å². The van der Waals surface area contributed by atoms with Crippen molar-refractivity contribution < 1.29 is 24.2 Å². The van der Waals surface area contributed by atoms with Crippen LogP contribution in [0.2, 0.25) is 15.1 Å². The molecule has 1 N–H and O–H groups in total. The zero-order valence-corrected chi connectivity index (χ0v) is 19.1. The van der Waals surface area contributed by atoms with E-state index in [-0.39, 0.29) is 33.5 Å². The van der Waals surface area contributed by atoms with Gasteiger partial charge in [0.15, 0.2) is 0 Å². The summed E-state index contributed by atoms with van der Waals surface area (Å²) >= 11 is 18.3. The van der Waals surface area contributed by atoms with Crippen LogP contribution in [0.15, 0.2) is 42.0 Å². The highest BCUT2D eigenvalue weighted by Gasteiger charge is 2.46. The molecule has 31 heavy (non-hydrogen) atoms. The van der Waals surface area contributed by atoms with Gasteiger partial charge in [-0.2, -0.15) is 0 Å². The molecule has 0 radical (unpaired) electrons. The Kier molecular flexibility index (Phi) is 7.49. The number of carbonyl (C=O) groups excluding carboxylic acids is 2. The average Bonchev–Trinajstić information content (AvgIpc) is 2.98. The van der Waals surface area contributed by atoms with Crippen LogP contribution in [0.5, 0.6) is 5.75 Å². The summed E-state index contributed by atoms with van der Waals surface area (Å²) in [5.41, 5.74) is 0.657. The minimum Gasteiger partial charge on any atom is -0.507 e. The van der Waals surface area contributed by atoms with Crippen LogP contribution in [0.3, 0.4) is 0 Å². The lowest BCUT2D eigenvalue weighted by atomic mass is 9.95. The van der Waals surface area contributed by atoms with Crippen molar-refractivity contribution in [2.75, 3.05) is 27.4 Å². The zero-order valence-electron chi connectivity index (χ0n) is 16.8. The maximum atomic E-state index is 13.0. The Balaban J connectivity index is 2.21. The third-order valence-corrected chi connectivity index (χ3v) is 5.69. The second-order valence-electron chi connectivity index (χ2n) is 6.86. The van der Waals surface area contributed by atoms with Gasteiger partial charge in [0.25, 0.3) is 11.7 Å². The van der Waals surface area contributed by atoms with Gasteiger partial charge in [0.2, 0.25) is 0 Å². The third-order valence-electron chi connectivity index (χ3n) is 4.94. The molecule has 3 rings (SSSR count). The second-order valence-corrected chi connectivity index (χ2v) is 8.14. The van der Waals surface area contributed by atoms with Gasteiger partial charge in [0, 0.05) is 30.3 Å². The first-order chi connectivity index (χ1) is 14.8. The molecule has 1 heterocycles. The molecule has 1 aliphatic heterocycles. The van der Waals surface area contributed by atoms with Crippen LogP contribution in [0.1, 0.15) is 23.6 Å². The molecule has 6 nitrogen and oxygen atoms in total. The Hall–Kier alpha value is -2.25. The summed E-state index contributed by atoms with van der Waals surface area (Å²) in [6.45, 7) is 0.671. The molecule has 0 saturated carbocycles. The van der Waals surface area contributed by atoms with Crippen LogP contribution < -0.4 is 4.74 Å². The van der Waals surface area contributed by atoms with Crippen LogP contribution in [0.25, 0.3) is 5.76 Å². The van der Waals surface area contributed by atoms with Gasteiger partial charge in [-0.3, -0.25) is 9.59 Å². The Morgan fingerprint density at radius 1 is 1.06 bits per heavy atom. The van der Waals surface area contributed by atoms with Crippen molar-refractivity contribution in [3.05, 3.63) is 68.2 Å². The zero-order chi connectivity index (χ0) is 22.7. The number of carbonyl (C=O) groups is 2. The smallest absolute Gasteiger partial charge is 0.295 e. The number of methoxy groups -OCH3 is 2. The number of halogens is 3. The molecule has 1 unspecified atom stereocenters. The summed E-state index contributed by atoms with van der Waals surface area (Å²) in [7, 11) is 2.94. The van der Waals surface area contributed by atoms with Gasteiger partial charge in [0.05, 0.1) is 29.3 Å². The standard InChI is InChI=1S/C22H20Cl3NO5/c1-30-9-3-8-26-18(12-4-6-13(23)7-5-12)17(20(28)22(26)29)19(27)15-10-14(24)11-16(25)21(15)31-2/h4-7,10-11,18,27H,3,8-9H2,1-2H3/b19-17+. The van der Waals surface area contributed by atoms with Gasteiger partial charge in [0.1, 0.15) is 11.5 Å². The molecule has 9 heteroatoms. The van der Waals surface area contributed by atoms with Crippen molar-refractivity contribution in [2.45, 2.75) is 12.5 Å². The van der Waals surface area contributed by atoms with Gasteiger partial charge in [-0.1, -0.05) is 46.9 Å². The summed E-state index contributed by atoms with van der Waals surface area (Å²) < 4.78 is 10.4. The highest BCUT2D eigenvalue weighted by Crippen LogP contribution is 2.43. The van der Waals surface area contributed by atoms with E-state index in [1.807, 2.05) is 0 Å². The van der Waals surface area contributed by atoms with Crippen molar-refractivity contribution in [1.82, 2.24) is 4.90 Å². The molecule has 1 atom stereocenters. The Morgan fingerprint density at radius 3 is 2.35 bits per heavy atom. The first kappa shape index (κ1) is 23.4. The number of likely N-dealkylation sites (tertiary alicyclic amines) is 1. The number of aliphatic hydroxyl groups is 1. The SMILES string of the molecule is COCCCN1C(=O)C(=O)/C(=C(/O)c2cc(Cl)cc(Cl)c2OC)C1c1ccc(Cl)cc1. The number of ketones is 1. The van der Waals surface area contributed by atoms with Crippen molar-refractivity contribution in [3.8, 4) is 5.75 Å². The molecule has 1 aliphatic rings. The summed E-state index contributed by atoms with van der Waals surface area (Å²) in [5, 5.41) is 12.1. The van der Waals surface area contributed by atoms with Crippen LogP contribution in [-0.4, -0.2) is 49.1 Å². The number of hydrogen-bond acceptors (Lipinski definition) is 5. The Morgan fingerprint density at radius 2 is 1.74 bits per heavy atom. The number of rotatable bonds is 7. The maximum Gasteiger partial charge on any atom is 0.295 e. The highest BCUT2D eigenvalue weighted by molar-refractivity contribution is 6.46. The van der Waals surface area contributed by atoms with Gasteiger partial charge < -0.3 is 19.5 Å². The summed E-state index contributed by atoms with van der Waals surface area (Å²) in [5.74, 6) is -1.81. The van der Waals surface area contributed by atoms with E-state index in [0.29, 0.717) is 23.6 Å². The van der Waals surface area contributed by atoms with Gasteiger partial charge >= 0.3 is 0 Å². The molecule has 2 aromatic carbocycles. The molecule has 0 aromatic heterocycles. The number of hydrogen-bond donors (Lipinski definition) is 1. The van der Waals surface area contributed by atoms with E-state index in [1.54, 1.807) is 31.4 Å². The minimum atomic E-state index is -0.823. The molecule has 164 valence electrons. The van der Waals surface area contributed by atoms with Crippen molar-refractivity contribution >= 4 is 52.3 Å². The third kappa shape index (κ3) is 4.67. The van der Waals surface area contributed by atoms with E-state index < -0.39 is 23.5 Å². The fourth-order valence-corrected chi connectivity index (χ4v) is 4.27. The Bertz CT molecular complexity index is 1040. The van der Waals surface area contributed by atoms with Crippen LogP contribution in [-0.2, 0) is 14.3 Å². The molecule has 0 aliphatic carbocycles. The number of Topliss-reactive ketones (excluding diaryl/α,β-unsaturated/α-hetero) is 1. The first-order valence-electron chi connectivity index (χ1n) is 9.36. The van der Waals surface area contributed by atoms with Crippen molar-refractivity contribution in [3.63, 3.8) is 0 Å². The minimum absolute atomic E-state index is 0.0821. The molecule has 1 amide bonds. The molecule has 2 aromatic rings. The first-order valence-corrected chi connectivity index (χ1v) is 10.5. The van der Waals surface area contributed by atoms with E-state index in [0.717, 1.165) is 0 Å². The summed E-state index contributed by atoms with van der Waals surface area (Å²) in [6, 6.07) is 8.79. The van der Waals surface area contributed by atoms with Crippen molar-refractivity contribution in [2.24, 2.45) is 0 Å². The molecule has 1 fully saturated rings. The maximum absolute atomic E-state index is 13.0. The molecular formula is C22H20Cl3NO5. The van der Waals surface area contributed by atoms with Gasteiger partial charge in [-0.15, -0.1) is 0 Å². The second kappa shape index (κ2) is 9.92. The molecule has 0 spiro atoms. The number of benzene rings is 2. The largest absolute Gasteiger partial charge is 0.507 e. The molecular weight excluding hydrogens is 465 g/mol. The van der Waals surface area contributed by atoms with E-state index in [4.69, 9.17) is 44.3 Å². The fourth-order valence-electron chi connectivity index (χ4n) is 3.57. The van der Waals surface area contributed by atoms with Crippen LogP contribution >= 0.6 is 34.8 Å². The van der Waals surface area contributed by atoms with E-state index in [9.17, 15) is 14.7 Å². The monoisotopic (exact) mass is 483 g/mol. The van der Waals surface area contributed by atoms with Crippen LogP contribution in [0.4, 0.5) is 0 Å². The summed E-state index contributed by atoms with van der Waals surface area (Å²) in [6.07, 6.45) is 0.514. The predicted molar refractivity (Wildman–Crippen MR) is 120 cm³/mol. The lowest BCUT2D eigenvalue weighted by molar-refractivity contribution is -0.140.